The minimum absolute atomic E-state index is 0.110. The number of nitrogens with two attached hydrogens (primary N) is 1. The van der Waals surface area contributed by atoms with Gasteiger partial charge in [0.1, 0.15) is 5.52 Å². The number of anilines is 1. The Hall–Kier alpha value is -1.10. The highest BCUT2D eigenvalue weighted by molar-refractivity contribution is 9.10. The number of rotatable bonds is 0. The van der Waals surface area contributed by atoms with E-state index in [-0.39, 0.29) is 5.69 Å². The van der Waals surface area contributed by atoms with E-state index in [1.165, 1.54) is 12.4 Å². The van der Waals surface area contributed by atoms with Crippen LogP contribution in [0.3, 0.4) is 0 Å². The first-order valence-electron chi connectivity index (χ1n) is 3.26. The van der Waals surface area contributed by atoms with Crippen molar-refractivity contribution < 1.29 is 4.39 Å². The number of aromatic amines is 1. The maximum Gasteiger partial charge on any atom is 0.162 e. The molecule has 3 N–H and O–H groups in total. The largest absolute Gasteiger partial charge is 0.396 e. The molecule has 0 atom stereocenters. The molecule has 0 aliphatic heterocycles. The van der Waals surface area contributed by atoms with Crippen LogP contribution in [0.2, 0.25) is 0 Å². The molecule has 3 nitrogen and oxygen atoms in total. The number of fused-ring (bicyclic) bond motifs is 1. The average molecular weight is 230 g/mol. The fraction of sp³-hybridized carbons (Fsp3) is 0. The van der Waals surface area contributed by atoms with E-state index in [0.717, 1.165) is 5.52 Å². The molecule has 0 saturated carbocycles. The van der Waals surface area contributed by atoms with Crippen molar-refractivity contribution >= 4 is 32.7 Å². The zero-order chi connectivity index (χ0) is 8.72. The van der Waals surface area contributed by atoms with E-state index < -0.39 is 5.82 Å². The van der Waals surface area contributed by atoms with Crippen LogP contribution in [0.1, 0.15) is 0 Å². The molecule has 2 aromatic rings. The Bertz CT molecular complexity index is 437. The predicted molar refractivity (Wildman–Crippen MR) is 48.2 cm³/mol. The Morgan fingerprint density at radius 1 is 1.58 bits per heavy atom. The Balaban J connectivity index is 2.94. The molecule has 12 heavy (non-hydrogen) atoms. The molecule has 1 aromatic carbocycles. The second-order valence-corrected chi connectivity index (χ2v) is 3.19. The Morgan fingerprint density at radius 2 is 2.33 bits per heavy atom. The highest BCUT2D eigenvalue weighted by Crippen LogP contribution is 2.28. The standard InChI is InChI=1S/C7H5BrFN3/c8-5-6(9)3(10)1-4-7(5)12-2-11-4/h1-2H,10H2,(H,11,12). The number of hydrogen-bond acceptors (Lipinski definition) is 2. The maximum atomic E-state index is 13.1. The van der Waals surface area contributed by atoms with Crippen LogP contribution in [0.4, 0.5) is 10.1 Å². The minimum Gasteiger partial charge on any atom is -0.396 e. The van der Waals surface area contributed by atoms with Gasteiger partial charge in [-0.1, -0.05) is 0 Å². The van der Waals surface area contributed by atoms with Gasteiger partial charge in [0.2, 0.25) is 0 Å². The van der Waals surface area contributed by atoms with Gasteiger partial charge in [-0.3, -0.25) is 0 Å². The van der Waals surface area contributed by atoms with Gasteiger partial charge < -0.3 is 10.7 Å². The summed E-state index contributed by atoms with van der Waals surface area (Å²) >= 11 is 3.07. The molecule has 1 aromatic heterocycles. The van der Waals surface area contributed by atoms with E-state index in [1.54, 1.807) is 0 Å². The molecule has 0 amide bonds. The lowest BCUT2D eigenvalue weighted by molar-refractivity contribution is 0.628. The quantitative estimate of drug-likeness (QED) is 0.680. The van der Waals surface area contributed by atoms with Crippen LogP contribution in [-0.2, 0) is 0 Å². The summed E-state index contributed by atoms with van der Waals surface area (Å²) in [5.41, 5.74) is 6.78. The first-order valence-corrected chi connectivity index (χ1v) is 4.06. The SMILES string of the molecule is Nc1cc2[nH]cnc2c(Br)c1F. The van der Waals surface area contributed by atoms with Crippen molar-refractivity contribution in [1.82, 2.24) is 9.97 Å². The molecular formula is C7H5BrFN3. The highest BCUT2D eigenvalue weighted by Gasteiger charge is 2.10. The van der Waals surface area contributed by atoms with Gasteiger partial charge in [0.25, 0.3) is 0 Å². The van der Waals surface area contributed by atoms with Crippen molar-refractivity contribution in [3.8, 4) is 0 Å². The van der Waals surface area contributed by atoms with Crippen molar-refractivity contribution in [2.24, 2.45) is 0 Å². The number of halogens is 2. The molecular weight excluding hydrogens is 225 g/mol. The van der Waals surface area contributed by atoms with Crippen LogP contribution >= 0.6 is 15.9 Å². The molecule has 0 unspecified atom stereocenters. The van der Waals surface area contributed by atoms with Gasteiger partial charge in [0.15, 0.2) is 5.82 Å². The Kier molecular flexibility index (Phi) is 1.54. The van der Waals surface area contributed by atoms with E-state index in [0.29, 0.717) is 9.99 Å². The highest BCUT2D eigenvalue weighted by atomic mass is 79.9. The summed E-state index contributed by atoms with van der Waals surface area (Å²) in [6.07, 6.45) is 1.49. The van der Waals surface area contributed by atoms with Crippen molar-refractivity contribution in [2.45, 2.75) is 0 Å². The summed E-state index contributed by atoms with van der Waals surface area (Å²) in [7, 11) is 0. The molecule has 0 saturated heterocycles. The Morgan fingerprint density at radius 3 is 3.08 bits per heavy atom. The van der Waals surface area contributed by atoms with Gasteiger partial charge in [0, 0.05) is 0 Å². The molecule has 0 aliphatic carbocycles. The zero-order valence-corrected chi connectivity index (χ0v) is 7.52. The molecule has 0 fully saturated rings. The van der Waals surface area contributed by atoms with Crippen LogP contribution in [0, 0.1) is 5.82 Å². The van der Waals surface area contributed by atoms with Gasteiger partial charge in [0.05, 0.1) is 22.0 Å². The maximum absolute atomic E-state index is 13.1. The Labute approximate surface area is 75.9 Å². The third-order valence-electron chi connectivity index (χ3n) is 1.62. The molecule has 1 heterocycles. The fourth-order valence-corrected chi connectivity index (χ4v) is 1.58. The molecule has 5 heteroatoms. The molecule has 2 rings (SSSR count). The first-order chi connectivity index (χ1) is 5.70. The summed E-state index contributed by atoms with van der Waals surface area (Å²) in [5.74, 6) is -0.463. The van der Waals surface area contributed by atoms with E-state index in [4.69, 9.17) is 5.73 Å². The average Bonchev–Trinajstić information content (AvgIpc) is 2.48. The van der Waals surface area contributed by atoms with E-state index in [9.17, 15) is 4.39 Å². The number of nitrogens with one attached hydrogen (secondary N) is 1. The second-order valence-electron chi connectivity index (χ2n) is 2.39. The van der Waals surface area contributed by atoms with Crippen molar-refractivity contribution in [1.29, 1.82) is 0 Å². The normalized spacial score (nSPS) is 10.8. The summed E-state index contributed by atoms with van der Waals surface area (Å²) in [6, 6.07) is 1.52. The number of imidazole rings is 1. The van der Waals surface area contributed by atoms with Crippen LogP contribution in [0.25, 0.3) is 11.0 Å². The van der Waals surface area contributed by atoms with E-state index in [2.05, 4.69) is 25.9 Å². The summed E-state index contributed by atoms with van der Waals surface area (Å²) in [4.78, 5) is 6.76. The third kappa shape index (κ3) is 0.896. The number of H-pyrrole nitrogens is 1. The van der Waals surface area contributed by atoms with Crippen molar-refractivity contribution in [3.05, 3.63) is 22.7 Å². The smallest absolute Gasteiger partial charge is 0.162 e. The molecule has 0 bridgehead atoms. The topological polar surface area (TPSA) is 54.7 Å². The van der Waals surface area contributed by atoms with Crippen molar-refractivity contribution in [2.75, 3.05) is 5.73 Å². The number of aromatic nitrogens is 2. The summed E-state index contributed by atoms with van der Waals surface area (Å²) in [5, 5.41) is 0. The number of nitrogens with zero attached hydrogens (tertiary/aromatic N) is 1. The van der Waals surface area contributed by atoms with Gasteiger partial charge in [-0.05, 0) is 22.0 Å². The van der Waals surface area contributed by atoms with Crippen molar-refractivity contribution in [3.63, 3.8) is 0 Å². The predicted octanol–water partition coefficient (Wildman–Crippen LogP) is 2.05. The number of hydrogen-bond donors (Lipinski definition) is 2. The lowest BCUT2D eigenvalue weighted by atomic mass is 10.3. The minimum atomic E-state index is -0.463. The second kappa shape index (κ2) is 2.45. The zero-order valence-electron chi connectivity index (χ0n) is 5.94. The van der Waals surface area contributed by atoms with Gasteiger partial charge in [-0.25, -0.2) is 9.37 Å². The molecule has 0 aliphatic rings. The van der Waals surface area contributed by atoms with Gasteiger partial charge in [-0.15, -0.1) is 0 Å². The van der Waals surface area contributed by atoms with Crippen LogP contribution < -0.4 is 5.73 Å². The molecule has 62 valence electrons. The van der Waals surface area contributed by atoms with Gasteiger partial charge in [-0.2, -0.15) is 0 Å². The van der Waals surface area contributed by atoms with Gasteiger partial charge >= 0.3 is 0 Å². The lowest BCUT2D eigenvalue weighted by Gasteiger charge is -1.98. The number of nitrogen functional groups attached to an aromatic ring is 1. The van der Waals surface area contributed by atoms with E-state index in [1.807, 2.05) is 0 Å². The molecule has 0 spiro atoms. The van der Waals surface area contributed by atoms with Crippen LogP contribution in [0.5, 0.6) is 0 Å². The number of benzene rings is 1. The van der Waals surface area contributed by atoms with Crippen LogP contribution in [-0.4, -0.2) is 9.97 Å². The monoisotopic (exact) mass is 229 g/mol. The van der Waals surface area contributed by atoms with E-state index >= 15 is 0 Å². The lowest BCUT2D eigenvalue weighted by Crippen LogP contribution is -1.91. The molecule has 0 radical (unpaired) electrons. The summed E-state index contributed by atoms with van der Waals surface area (Å²) in [6.45, 7) is 0. The third-order valence-corrected chi connectivity index (χ3v) is 2.35. The first kappa shape index (κ1) is 7.54. The fourth-order valence-electron chi connectivity index (χ4n) is 1.04. The summed E-state index contributed by atoms with van der Waals surface area (Å²) < 4.78 is 13.4. The van der Waals surface area contributed by atoms with Crippen LogP contribution in [0.15, 0.2) is 16.9 Å².